The maximum absolute atomic E-state index is 13.1. The van der Waals surface area contributed by atoms with Crippen molar-refractivity contribution in [3.8, 4) is 0 Å². The van der Waals surface area contributed by atoms with Gasteiger partial charge in [0.1, 0.15) is 5.82 Å². The number of fused-ring (bicyclic) bond motifs is 1. The molecule has 1 fully saturated rings. The molecule has 1 aliphatic heterocycles. The highest BCUT2D eigenvalue weighted by molar-refractivity contribution is 5.71. The summed E-state index contributed by atoms with van der Waals surface area (Å²) < 4.78 is 4.66. The fourth-order valence-electron chi connectivity index (χ4n) is 4.13. The van der Waals surface area contributed by atoms with E-state index >= 15 is 0 Å². The van der Waals surface area contributed by atoms with E-state index in [1.54, 1.807) is 7.05 Å². The Morgan fingerprint density at radius 1 is 0.933 bits per heavy atom. The summed E-state index contributed by atoms with van der Waals surface area (Å²) >= 11 is 0. The van der Waals surface area contributed by atoms with Crippen LogP contribution in [0.1, 0.15) is 22.5 Å². The Bertz CT molecular complexity index is 1210. The van der Waals surface area contributed by atoms with Gasteiger partial charge in [-0.05, 0) is 32.0 Å². The smallest absolute Gasteiger partial charge is 0.317 e. The van der Waals surface area contributed by atoms with Gasteiger partial charge in [-0.2, -0.15) is 0 Å². The molecule has 0 N–H and O–H groups in total. The Morgan fingerprint density at radius 2 is 1.63 bits per heavy atom. The molecule has 4 rings (SSSR count). The number of nitrogens with zero attached hydrogens (tertiary/aromatic N) is 6. The van der Waals surface area contributed by atoms with E-state index in [0.29, 0.717) is 24.3 Å². The van der Waals surface area contributed by atoms with Crippen LogP contribution in [0.3, 0.4) is 0 Å². The molecule has 0 saturated carbocycles. The molecule has 0 radical (unpaired) electrons. The predicted octanol–water partition coefficient (Wildman–Crippen LogP) is 0.846. The molecule has 160 valence electrons. The minimum Gasteiger partial charge on any atom is -0.317 e. The van der Waals surface area contributed by atoms with E-state index in [0.717, 1.165) is 37.6 Å². The van der Waals surface area contributed by atoms with Gasteiger partial charge in [0.2, 0.25) is 0 Å². The van der Waals surface area contributed by atoms with Crippen molar-refractivity contribution in [1.82, 2.24) is 28.5 Å². The summed E-state index contributed by atoms with van der Waals surface area (Å²) in [4.78, 5) is 35.0. The van der Waals surface area contributed by atoms with Gasteiger partial charge in [-0.15, -0.1) is 0 Å². The van der Waals surface area contributed by atoms with Crippen molar-refractivity contribution in [3.05, 3.63) is 61.6 Å². The van der Waals surface area contributed by atoms with Crippen LogP contribution in [-0.4, -0.2) is 61.7 Å². The topological polar surface area (TPSA) is 68.3 Å². The molecule has 8 nitrogen and oxygen atoms in total. The summed E-state index contributed by atoms with van der Waals surface area (Å²) in [6, 6.07) is 6.36. The lowest BCUT2D eigenvalue weighted by molar-refractivity contribution is 0.144. The number of aryl methyl sites for hydroxylation is 3. The molecule has 2 aromatic heterocycles. The Labute approximate surface area is 176 Å². The minimum atomic E-state index is -0.352. The van der Waals surface area contributed by atoms with Crippen molar-refractivity contribution in [1.29, 1.82) is 0 Å². The van der Waals surface area contributed by atoms with E-state index < -0.39 is 0 Å². The Balaban J connectivity index is 1.87. The predicted molar refractivity (Wildman–Crippen MR) is 118 cm³/mol. The van der Waals surface area contributed by atoms with Crippen LogP contribution in [0.2, 0.25) is 0 Å². The number of hydrogen-bond acceptors (Lipinski definition) is 5. The maximum Gasteiger partial charge on any atom is 0.332 e. The molecular formula is C22H30N6O2. The van der Waals surface area contributed by atoms with Crippen molar-refractivity contribution >= 4 is 11.2 Å². The molecule has 3 heterocycles. The highest BCUT2D eigenvalue weighted by atomic mass is 16.2. The standard InChI is InChI=1S/C22H30N6O2/c1-15-6-7-16(2)17(12-15)13-28-18(14-27-10-8-24(3)9-11-27)23-20-19(28)21(29)26(5)22(30)25(20)4/h6-7,12H,8-11,13-14H2,1-5H3. The lowest BCUT2D eigenvalue weighted by Gasteiger charge is -2.32. The van der Waals surface area contributed by atoms with Gasteiger partial charge < -0.3 is 9.47 Å². The first kappa shape index (κ1) is 20.6. The molecule has 0 atom stereocenters. The number of piperazine rings is 1. The second-order valence-corrected chi connectivity index (χ2v) is 8.50. The SMILES string of the molecule is Cc1ccc(C)c(Cn2c(CN3CCN(C)CC3)nc3c2c(=O)n(C)c(=O)n3C)c1. The van der Waals surface area contributed by atoms with Crippen LogP contribution in [0.15, 0.2) is 27.8 Å². The summed E-state index contributed by atoms with van der Waals surface area (Å²) in [6.45, 7) is 9.31. The number of imidazole rings is 1. The van der Waals surface area contributed by atoms with Gasteiger partial charge in [0, 0.05) is 46.8 Å². The van der Waals surface area contributed by atoms with Gasteiger partial charge in [0.05, 0.1) is 6.54 Å². The fraction of sp³-hybridized carbons (Fsp3) is 0.500. The van der Waals surface area contributed by atoms with Crippen LogP contribution in [0.25, 0.3) is 11.2 Å². The first-order valence-electron chi connectivity index (χ1n) is 10.4. The summed E-state index contributed by atoms with van der Waals surface area (Å²) in [7, 11) is 5.34. The Hall–Kier alpha value is -2.71. The monoisotopic (exact) mass is 410 g/mol. The van der Waals surface area contributed by atoms with Gasteiger partial charge in [-0.25, -0.2) is 9.78 Å². The van der Waals surface area contributed by atoms with Crippen molar-refractivity contribution in [2.75, 3.05) is 33.2 Å². The average Bonchev–Trinajstić information content (AvgIpc) is 3.07. The zero-order chi connectivity index (χ0) is 21.6. The van der Waals surface area contributed by atoms with Crippen molar-refractivity contribution in [3.63, 3.8) is 0 Å². The van der Waals surface area contributed by atoms with Gasteiger partial charge in [0.25, 0.3) is 5.56 Å². The second kappa shape index (κ2) is 7.85. The molecule has 30 heavy (non-hydrogen) atoms. The quantitative estimate of drug-likeness (QED) is 0.638. The second-order valence-electron chi connectivity index (χ2n) is 8.50. The van der Waals surface area contributed by atoms with Crippen LogP contribution in [0.5, 0.6) is 0 Å². The number of rotatable bonds is 4. The number of likely N-dealkylation sites (N-methyl/N-ethyl adjacent to an activating group) is 1. The average molecular weight is 411 g/mol. The summed E-state index contributed by atoms with van der Waals surface area (Å²) in [6.07, 6.45) is 0. The molecule has 8 heteroatoms. The van der Waals surface area contributed by atoms with E-state index in [2.05, 4.69) is 48.9 Å². The van der Waals surface area contributed by atoms with E-state index in [-0.39, 0.29) is 11.2 Å². The van der Waals surface area contributed by atoms with Crippen LogP contribution < -0.4 is 11.2 Å². The third-order valence-corrected chi connectivity index (χ3v) is 6.22. The Morgan fingerprint density at radius 3 is 2.33 bits per heavy atom. The number of aromatic nitrogens is 4. The number of hydrogen-bond donors (Lipinski definition) is 0. The van der Waals surface area contributed by atoms with Crippen molar-refractivity contribution in [2.45, 2.75) is 26.9 Å². The highest BCUT2D eigenvalue weighted by Gasteiger charge is 2.22. The van der Waals surface area contributed by atoms with Crippen molar-refractivity contribution in [2.24, 2.45) is 14.1 Å². The zero-order valence-corrected chi connectivity index (χ0v) is 18.5. The van der Waals surface area contributed by atoms with Gasteiger partial charge in [-0.1, -0.05) is 23.8 Å². The summed E-state index contributed by atoms with van der Waals surface area (Å²) in [5.41, 5.74) is 3.81. The maximum atomic E-state index is 13.1. The first-order chi connectivity index (χ1) is 14.3. The van der Waals surface area contributed by atoms with Crippen molar-refractivity contribution < 1.29 is 0 Å². The lowest BCUT2D eigenvalue weighted by Crippen LogP contribution is -2.44. The third kappa shape index (κ3) is 3.61. The molecule has 1 aliphatic rings. The van der Waals surface area contributed by atoms with Crippen LogP contribution >= 0.6 is 0 Å². The van der Waals surface area contributed by atoms with Crippen LogP contribution in [0.4, 0.5) is 0 Å². The van der Waals surface area contributed by atoms with Crippen LogP contribution in [0, 0.1) is 13.8 Å². The lowest BCUT2D eigenvalue weighted by atomic mass is 10.1. The zero-order valence-electron chi connectivity index (χ0n) is 18.5. The van der Waals surface area contributed by atoms with E-state index in [4.69, 9.17) is 4.98 Å². The van der Waals surface area contributed by atoms with Gasteiger partial charge in [0.15, 0.2) is 11.2 Å². The molecule has 0 unspecified atom stereocenters. The fourth-order valence-corrected chi connectivity index (χ4v) is 4.13. The van der Waals surface area contributed by atoms with Gasteiger partial charge >= 0.3 is 5.69 Å². The first-order valence-corrected chi connectivity index (χ1v) is 10.4. The molecular weight excluding hydrogens is 380 g/mol. The molecule has 1 saturated heterocycles. The number of benzene rings is 1. The molecule has 0 spiro atoms. The molecule has 0 bridgehead atoms. The highest BCUT2D eigenvalue weighted by Crippen LogP contribution is 2.19. The van der Waals surface area contributed by atoms with E-state index in [1.165, 1.54) is 27.3 Å². The Kier molecular flexibility index (Phi) is 5.38. The molecule has 0 aliphatic carbocycles. The van der Waals surface area contributed by atoms with E-state index in [9.17, 15) is 9.59 Å². The minimum absolute atomic E-state index is 0.296. The third-order valence-electron chi connectivity index (χ3n) is 6.22. The normalized spacial score (nSPS) is 15.9. The van der Waals surface area contributed by atoms with Crippen LogP contribution in [-0.2, 0) is 27.2 Å². The van der Waals surface area contributed by atoms with E-state index in [1.807, 2.05) is 4.57 Å². The summed E-state index contributed by atoms with van der Waals surface area (Å²) in [5.74, 6) is 0.828. The molecule has 3 aromatic rings. The summed E-state index contributed by atoms with van der Waals surface area (Å²) in [5, 5.41) is 0. The largest absolute Gasteiger partial charge is 0.332 e. The van der Waals surface area contributed by atoms with Gasteiger partial charge in [-0.3, -0.25) is 18.8 Å². The molecule has 1 aromatic carbocycles. The molecule has 0 amide bonds.